The number of likely N-dealkylation sites (tertiary alicyclic amines) is 1. The molecule has 1 aromatic carbocycles. The molecule has 1 aliphatic rings. The predicted molar refractivity (Wildman–Crippen MR) is 62.1 cm³/mol. The summed E-state index contributed by atoms with van der Waals surface area (Å²) in [6.45, 7) is 4.71. The Kier molecular flexibility index (Phi) is 3.29. The lowest BCUT2D eigenvalue weighted by atomic mass is 10.1. The number of aryl methyl sites for hydroxylation is 1. The Morgan fingerprint density at radius 2 is 2.33 bits per heavy atom. The quantitative estimate of drug-likeness (QED) is 0.835. The Bertz CT molecular complexity index is 353. The van der Waals surface area contributed by atoms with Crippen molar-refractivity contribution in [1.29, 1.82) is 0 Å². The van der Waals surface area contributed by atoms with Gasteiger partial charge in [-0.05, 0) is 30.5 Å². The van der Waals surface area contributed by atoms with E-state index in [2.05, 4.69) is 17.0 Å². The van der Waals surface area contributed by atoms with Crippen molar-refractivity contribution in [1.82, 2.24) is 4.90 Å². The first-order valence-electron chi connectivity index (χ1n) is 5.30. The summed E-state index contributed by atoms with van der Waals surface area (Å²) in [5.74, 6) is 0. The molecule has 3 heteroatoms. The molecule has 0 bridgehead atoms. The van der Waals surface area contributed by atoms with Gasteiger partial charge >= 0.3 is 0 Å². The maximum atomic E-state index is 9.41. The fourth-order valence-electron chi connectivity index (χ4n) is 2.02. The van der Waals surface area contributed by atoms with Crippen LogP contribution in [0.1, 0.15) is 17.5 Å². The van der Waals surface area contributed by atoms with Crippen molar-refractivity contribution in [3.63, 3.8) is 0 Å². The number of halogens is 1. The molecule has 1 aliphatic heterocycles. The van der Waals surface area contributed by atoms with Crippen LogP contribution in [0.15, 0.2) is 18.2 Å². The van der Waals surface area contributed by atoms with Crippen molar-refractivity contribution >= 4 is 11.6 Å². The molecule has 1 fully saturated rings. The molecule has 0 spiro atoms. The van der Waals surface area contributed by atoms with Crippen LogP contribution < -0.4 is 0 Å². The van der Waals surface area contributed by atoms with Crippen molar-refractivity contribution in [2.75, 3.05) is 13.1 Å². The number of aliphatic hydroxyl groups excluding tert-OH is 1. The number of hydrogen-bond acceptors (Lipinski definition) is 2. The highest BCUT2D eigenvalue weighted by atomic mass is 35.5. The van der Waals surface area contributed by atoms with Crippen LogP contribution in [0, 0.1) is 6.92 Å². The van der Waals surface area contributed by atoms with Crippen molar-refractivity contribution in [3.8, 4) is 0 Å². The summed E-state index contributed by atoms with van der Waals surface area (Å²) in [6, 6.07) is 6.12. The zero-order chi connectivity index (χ0) is 10.8. The van der Waals surface area contributed by atoms with Crippen LogP contribution in [0.3, 0.4) is 0 Å². The minimum Gasteiger partial charge on any atom is -0.392 e. The smallest absolute Gasteiger partial charge is 0.0679 e. The zero-order valence-electron chi connectivity index (χ0n) is 8.91. The molecule has 1 unspecified atom stereocenters. The summed E-state index contributed by atoms with van der Waals surface area (Å²) in [5, 5.41) is 10.2. The summed E-state index contributed by atoms with van der Waals surface area (Å²) in [6.07, 6.45) is 0.755. The monoisotopic (exact) mass is 225 g/mol. The third kappa shape index (κ3) is 2.71. The third-order valence-electron chi connectivity index (χ3n) is 2.88. The van der Waals surface area contributed by atoms with Crippen molar-refractivity contribution in [3.05, 3.63) is 34.3 Å². The lowest BCUT2D eigenvalue weighted by molar-refractivity contribution is 0.175. The van der Waals surface area contributed by atoms with E-state index < -0.39 is 0 Å². The molecule has 0 radical (unpaired) electrons. The topological polar surface area (TPSA) is 23.5 Å². The SMILES string of the molecule is Cc1cc(CN2CCC(O)C2)ccc1Cl. The molecule has 0 aliphatic carbocycles. The fourth-order valence-corrected chi connectivity index (χ4v) is 2.14. The van der Waals surface area contributed by atoms with Crippen LogP contribution in [0.4, 0.5) is 0 Å². The van der Waals surface area contributed by atoms with Crippen LogP contribution in [0.5, 0.6) is 0 Å². The maximum Gasteiger partial charge on any atom is 0.0679 e. The van der Waals surface area contributed by atoms with Crippen LogP contribution in [0.2, 0.25) is 5.02 Å². The van der Waals surface area contributed by atoms with Crippen LogP contribution >= 0.6 is 11.6 Å². The molecule has 1 N–H and O–H groups in total. The van der Waals surface area contributed by atoms with E-state index in [9.17, 15) is 5.11 Å². The average Bonchev–Trinajstić information content (AvgIpc) is 2.58. The highest BCUT2D eigenvalue weighted by Gasteiger charge is 2.19. The van der Waals surface area contributed by atoms with Gasteiger partial charge in [-0.1, -0.05) is 23.7 Å². The first-order valence-corrected chi connectivity index (χ1v) is 5.68. The highest BCUT2D eigenvalue weighted by molar-refractivity contribution is 6.31. The second kappa shape index (κ2) is 4.52. The Morgan fingerprint density at radius 1 is 1.53 bits per heavy atom. The molecular weight excluding hydrogens is 210 g/mol. The molecule has 1 saturated heterocycles. The molecule has 82 valence electrons. The van der Waals surface area contributed by atoms with Crippen LogP contribution in [-0.4, -0.2) is 29.2 Å². The van der Waals surface area contributed by atoms with Gasteiger partial charge in [0.05, 0.1) is 6.10 Å². The van der Waals surface area contributed by atoms with Gasteiger partial charge in [0, 0.05) is 24.7 Å². The van der Waals surface area contributed by atoms with Gasteiger partial charge in [-0.2, -0.15) is 0 Å². The third-order valence-corrected chi connectivity index (χ3v) is 3.30. The van der Waals surface area contributed by atoms with Gasteiger partial charge in [0.1, 0.15) is 0 Å². The molecule has 1 heterocycles. The first-order chi connectivity index (χ1) is 7.15. The van der Waals surface area contributed by atoms with E-state index in [0.29, 0.717) is 0 Å². The number of β-amino-alcohol motifs (C(OH)–C–C–N with tert-alkyl or cyclic N) is 1. The van der Waals surface area contributed by atoms with Crippen LogP contribution in [-0.2, 0) is 6.54 Å². The lowest BCUT2D eigenvalue weighted by Gasteiger charge is -2.15. The molecule has 1 aromatic rings. The van der Waals surface area contributed by atoms with E-state index in [-0.39, 0.29) is 6.10 Å². The zero-order valence-corrected chi connectivity index (χ0v) is 9.67. The summed E-state index contributed by atoms with van der Waals surface area (Å²) in [4.78, 5) is 2.27. The summed E-state index contributed by atoms with van der Waals surface area (Å²) >= 11 is 5.97. The molecule has 0 saturated carbocycles. The molecule has 15 heavy (non-hydrogen) atoms. The van der Waals surface area contributed by atoms with Gasteiger partial charge in [-0.3, -0.25) is 4.90 Å². The number of aliphatic hydroxyl groups is 1. The minimum atomic E-state index is -0.140. The molecule has 0 amide bonds. The number of hydrogen-bond donors (Lipinski definition) is 1. The lowest BCUT2D eigenvalue weighted by Crippen LogP contribution is -2.21. The van der Waals surface area contributed by atoms with Crippen molar-refractivity contribution < 1.29 is 5.11 Å². The molecule has 2 rings (SSSR count). The summed E-state index contributed by atoms with van der Waals surface area (Å²) in [7, 11) is 0. The van der Waals surface area contributed by atoms with E-state index in [1.54, 1.807) is 0 Å². The summed E-state index contributed by atoms with van der Waals surface area (Å²) in [5.41, 5.74) is 2.39. The van der Waals surface area contributed by atoms with Gasteiger partial charge in [-0.15, -0.1) is 0 Å². The molecule has 1 atom stereocenters. The van der Waals surface area contributed by atoms with Gasteiger partial charge < -0.3 is 5.11 Å². The number of nitrogens with zero attached hydrogens (tertiary/aromatic N) is 1. The second-order valence-electron chi connectivity index (χ2n) is 4.26. The Hall–Kier alpha value is -0.570. The Morgan fingerprint density at radius 3 is 2.93 bits per heavy atom. The van der Waals surface area contributed by atoms with Crippen molar-refractivity contribution in [2.45, 2.75) is 26.0 Å². The van der Waals surface area contributed by atoms with Crippen molar-refractivity contribution in [2.24, 2.45) is 0 Å². The Balaban J connectivity index is 2.02. The van der Waals surface area contributed by atoms with E-state index in [4.69, 9.17) is 11.6 Å². The van der Waals surface area contributed by atoms with Gasteiger partial charge in [0.25, 0.3) is 0 Å². The van der Waals surface area contributed by atoms with Gasteiger partial charge in [-0.25, -0.2) is 0 Å². The van der Waals surface area contributed by atoms with Gasteiger partial charge in [0.2, 0.25) is 0 Å². The molecular formula is C12H16ClNO. The van der Waals surface area contributed by atoms with E-state index >= 15 is 0 Å². The highest BCUT2D eigenvalue weighted by Crippen LogP contribution is 2.19. The van der Waals surface area contributed by atoms with E-state index in [1.165, 1.54) is 5.56 Å². The maximum absolute atomic E-state index is 9.41. The Labute approximate surface area is 95.5 Å². The van der Waals surface area contributed by atoms with E-state index in [0.717, 1.165) is 36.6 Å². The molecule has 2 nitrogen and oxygen atoms in total. The average molecular weight is 226 g/mol. The number of benzene rings is 1. The second-order valence-corrected chi connectivity index (χ2v) is 4.67. The van der Waals surface area contributed by atoms with E-state index in [1.807, 2.05) is 13.0 Å². The predicted octanol–water partition coefficient (Wildman–Crippen LogP) is 2.22. The van der Waals surface area contributed by atoms with Crippen LogP contribution in [0.25, 0.3) is 0 Å². The molecule has 0 aromatic heterocycles. The van der Waals surface area contributed by atoms with Gasteiger partial charge in [0.15, 0.2) is 0 Å². The fraction of sp³-hybridized carbons (Fsp3) is 0.500. The minimum absolute atomic E-state index is 0.140. The largest absolute Gasteiger partial charge is 0.392 e. The first kappa shape index (κ1) is 10.9. The normalized spacial score (nSPS) is 22.2. The number of rotatable bonds is 2. The standard InChI is InChI=1S/C12H16ClNO/c1-9-6-10(2-3-12(9)13)7-14-5-4-11(15)8-14/h2-3,6,11,15H,4-5,7-8H2,1H3. The summed E-state index contributed by atoms with van der Waals surface area (Å²) < 4.78 is 0.